The van der Waals surface area contributed by atoms with Crippen LogP contribution >= 0.6 is 11.3 Å². The third-order valence-electron chi connectivity index (χ3n) is 4.01. The third kappa shape index (κ3) is 4.67. The zero-order valence-corrected chi connectivity index (χ0v) is 16.0. The Hall–Kier alpha value is -2.72. The van der Waals surface area contributed by atoms with Gasteiger partial charge in [0.05, 0.1) is 5.69 Å². The van der Waals surface area contributed by atoms with E-state index in [2.05, 4.69) is 43.2 Å². The number of amides is 1. The average Bonchev–Trinajstić information content (AvgIpc) is 3.09. The van der Waals surface area contributed by atoms with Crippen molar-refractivity contribution in [1.29, 1.82) is 0 Å². The molecule has 132 valence electrons. The summed E-state index contributed by atoms with van der Waals surface area (Å²) in [5.74, 6) is -0.182. The molecule has 3 nitrogen and oxygen atoms in total. The molecule has 0 fully saturated rings. The van der Waals surface area contributed by atoms with Crippen LogP contribution in [-0.4, -0.2) is 10.9 Å². The van der Waals surface area contributed by atoms with Crippen molar-refractivity contribution in [3.63, 3.8) is 0 Å². The Kier molecular flexibility index (Phi) is 5.33. The van der Waals surface area contributed by atoms with E-state index in [0.29, 0.717) is 5.13 Å². The number of hydrogen-bond donors (Lipinski definition) is 1. The highest BCUT2D eigenvalue weighted by molar-refractivity contribution is 7.14. The zero-order valence-electron chi connectivity index (χ0n) is 15.2. The number of anilines is 1. The van der Waals surface area contributed by atoms with Crippen molar-refractivity contribution in [2.45, 2.75) is 26.2 Å². The molecular weight excluding hydrogens is 340 g/mol. The molecule has 3 aromatic rings. The summed E-state index contributed by atoms with van der Waals surface area (Å²) in [6.45, 7) is 6.55. The number of carbonyl (C=O) groups excluding carboxylic acids is 1. The number of hydrogen-bond acceptors (Lipinski definition) is 3. The molecule has 0 saturated carbocycles. The second-order valence-electron chi connectivity index (χ2n) is 7.10. The molecular formula is C22H22N2OS. The molecule has 0 saturated heterocycles. The fourth-order valence-corrected chi connectivity index (χ4v) is 3.21. The lowest BCUT2D eigenvalue weighted by Crippen LogP contribution is -2.10. The summed E-state index contributed by atoms with van der Waals surface area (Å²) in [7, 11) is 0. The van der Waals surface area contributed by atoms with E-state index in [1.807, 2.05) is 53.9 Å². The second-order valence-corrected chi connectivity index (χ2v) is 7.96. The standard InChI is InChI=1S/C22H22N2OS/c1-22(2,3)18-12-9-16(10-13-18)11-14-20(25)24-21-23-19(15-26-21)17-7-5-4-6-8-17/h4-15H,1-3H3,(H,23,24,25). The first-order valence-electron chi connectivity index (χ1n) is 8.52. The van der Waals surface area contributed by atoms with Gasteiger partial charge in [-0.3, -0.25) is 10.1 Å². The summed E-state index contributed by atoms with van der Waals surface area (Å²) in [4.78, 5) is 16.6. The minimum absolute atomic E-state index is 0.126. The summed E-state index contributed by atoms with van der Waals surface area (Å²) in [5.41, 5.74) is 4.31. The normalized spacial score (nSPS) is 11.7. The zero-order chi connectivity index (χ0) is 18.6. The topological polar surface area (TPSA) is 42.0 Å². The van der Waals surface area contributed by atoms with Crippen molar-refractivity contribution in [3.05, 3.63) is 77.2 Å². The Morgan fingerprint density at radius 2 is 1.73 bits per heavy atom. The first-order valence-corrected chi connectivity index (χ1v) is 9.40. The van der Waals surface area contributed by atoms with Crippen molar-refractivity contribution in [2.24, 2.45) is 0 Å². The maximum atomic E-state index is 12.1. The molecule has 0 aliphatic carbocycles. The SMILES string of the molecule is CC(C)(C)c1ccc(C=CC(=O)Nc2nc(-c3ccccc3)cs2)cc1. The molecule has 1 aromatic heterocycles. The van der Waals surface area contributed by atoms with Crippen LogP contribution in [0.4, 0.5) is 5.13 Å². The summed E-state index contributed by atoms with van der Waals surface area (Å²) in [6, 6.07) is 18.2. The molecule has 26 heavy (non-hydrogen) atoms. The second kappa shape index (κ2) is 7.67. The van der Waals surface area contributed by atoms with Gasteiger partial charge in [0.2, 0.25) is 5.91 Å². The molecule has 0 aliphatic heterocycles. The van der Waals surface area contributed by atoms with Gasteiger partial charge in [0.1, 0.15) is 0 Å². The Bertz CT molecular complexity index is 903. The maximum Gasteiger partial charge on any atom is 0.250 e. The van der Waals surface area contributed by atoms with Gasteiger partial charge in [-0.15, -0.1) is 11.3 Å². The number of carbonyl (C=O) groups is 1. The number of benzene rings is 2. The molecule has 2 aromatic carbocycles. The van der Waals surface area contributed by atoms with Gasteiger partial charge in [-0.2, -0.15) is 0 Å². The van der Waals surface area contributed by atoms with Crippen molar-refractivity contribution < 1.29 is 4.79 Å². The van der Waals surface area contributed by atoms with Crippen molar-refractivity contribution in [3.8, 4) is 11.3 Å². The molecule has 0 bridgehead atoms. The Labute approximate surface area is 158 Å². The lowest BCUT2D eigenvalue weighted by Gasteiger charge is -2.18. The summed E-state index contributed by atoms with van der Waals surface area (Å²) < 4.78 is 0. The predicted octanol–water partition coefficient (Wildman–Crippen LogP) is 5.76. The van der Waals surface area contributed by atoms with Crippen molar-refractivity contribution in [1.82, 2.24) is 4.98 Å². The largest absolute Gasteiger partial charge is 0.298 e. The third-order valence-corrected chi connectivity index (χ3v) is 4.77. The Balaban J connectivity index is 1.62. The lowest BCUT2D eigenvalue weighted by molar-refractivity contribution is -0.111. The van der Waals surface area contributed by atoms with Gasteiger partial charge in [0, 0.05) is 17.0 Å². The minimum atomic E-state index is -0.182. The van der Waals surface area contributed by atoms with E-state index in [-0.39, 0.29) is 11.3 Å². The lowest BCUT2D eigenvalue weighted by atomic mass is 9.87. The van der Waals surface area contributed by atoms with Crippen LogP contribution in [0.25, 0.3) is 17.3 Å². The van der Waals surface area contributed by atoms with Gasteiger partial charge in [0.15, 0.2) is 5.13 Å². The first-order chi connectivity index (χ1) is 12.4. The monoisotopic (exact) mass is 362 g/mol. The van der Waals surface area contributed by atoms with E-state index < -0.39 is 0 Å². The molecule has 0 radical (unpaired) electrons. The number of rotatable bonds is 4. The molecule has 3 rings (SSSR count). The summed E-state index contributed by atoms with van der Waals surface area (Å²) in [6.07, 6.45) is 3.35. The Morgan fingerprint density at radius 3 is 2.38 bits per heavy atom. The molecule has 1 heterocycles. The van der Waals surface area contributed by atoms with E-state index in [0.717, 1.165) is 16.8 Å². The van der Waals surface area contributed by atoms with Gasteiger partial charge in [0.25, 0.3) is 0 Å². The summed E-state index contributed by atoms with van der Waals surface area (Å²) in [5, 5.41) is 5.36. The van der Waals surface area contributed by atoms with Crippen molar-refractivity contribution >= 4 is 28.5 Å². The van der Waals surface area contributed by atoms with E-state index in [1.165, 1.54) is 23.0 Å². The van der Waals surface area contributed by atoms with Crippen LogP contribution in [0.1, 0.15) is 31.9 Å². The number of nitrogens with zero attached hydrogens (tertiary/aromatic N) is 1. The quantitative estimate of drug-likeness (QED) is 0.600. The van der Waals surface area contributed by atoms with Crippen LogP contribution in [0.3, 0.4) is 0 Å². The van der Waals surface area contributed by atoms with E-state index in [9.17, 15) is 4.79 Å². The highest BCUT2D eigenvalue weighted by Crippen LogP contribution is 2.25. The van der Waals surface area contributed by atoms with Crippen molar-refractivity contribution in [2.75, 3.05) is 5.32 Å². The highest BCUT2D eigenvalue weighted by Gasteiger charge is 2.12. The molecule has 1 N–H and O–H groups in total. The van der Waals surface area contributed by atoms with Gasteiger partial charge in [-0.25, -0.2) is 4.98 Å². The van der Waals surface area contributed by atoms with Gasteiger partial charge in [-0.1, -0.05) is 75.4 Å². The van der Waals surface area contributed by atoms with Crippen LogP contribution in [0.15, 0.2) is 66.1 Å². The first kappa shape index (κ1) is 18.1. The van der Waals surface area contributed by atoms with E-state index in [1.54, 1.807) is 0 Å². The molecule has 0 atom stereocenters. The fraction of sp³-hybridized carbons (Fsp3) is 0.182. The number of aromatic nitrogens is 1. The van der Waals surface area contributed by atoms with Crippen LogP contribution in [0, 0.1) is 0 Å². The molecule has 0 spiro atoms. The fourth-order valence-electron chi connectivity index (χ4n) is 2.49. The van der Waals surface area contributed by atoms with Gasteiger partial charge < -0.3 is 0 Å². The predicted molar refractivity (Wildman–Crippen MR) is 110 cm³/mol. The van der Waals surface area contributed by atoms with E-state index >= 15 is 0 Å². The molecule has 1 amide bonds. The molecule has 0 aliphatic rings. The number of thiazole rings is 1. The van der Waals surface area contributed by atoms with Gasteiger partial charge in [-0.05, 0) is 22.6 Å². The smallest absolute Gasteiger partial charge is 0.250 e. The maximum absolute atomic E-state index is 12.1. The van der Waals surface area contributed by atoms with Crippen LogP contribution in [0.2, 0.25) is 0 Å². The van der Waals surface area contributed by atoms with E-state index in [4.69, 9.17) is 0 Å². The van der Waals surface area contributed by atoms with Crippen LogP contribution in [-0.2, 0) is 10.2 Å². The Morgan fingerprint density at radius 1 is 1.04 bits per heavy atom. The number of nitrogens with one attached hydrogen (secondary N) is 1. The average molecular weight is 362 g/mol. The molecule has 4 heteroatoms. The highest BCUT2D eigenvalue weighted by atomic mass is 32.1. The molecule has 0 unspecified atom stereocenters. The van der Waals surface area contributed by atoms with Crippen LogP contribution < -0.4 is 5.32 Å². The summed E-state index contributed by atoms with van der Waals surface area (Å²) >= 11 is 1.42. The minimum Gasteiger partial charge on any atom is -0.298 e. The van der Waals surface area contributed by atoms with Gasteiger partial charge >= 0.3 is 0 Å². The van der Waals surface area contributed by atoms with Crippen LogP contribution in [0.5, 0.6) is 0 Å².